The molecule has 1 saturated carbocycles. The van der Waals surface area contributed by atoms with Crippen molar-refractivity contribution in [1.29, 1.82) is 0 Å². The fraction of sp³-hybridized carbons (Fsp3) is 0.667. The molecule has 0 radical (unpaired) electrons. The molecule has 2 N–H and O–H groups in total. The Balaban J connectivity index is 1.92. The minimum Gasteiger partial charge on any atom is -0.468 e. The average molecular weight is 208 g/mol. The molecular weight excluding hydrogens is 188 g/mol. The molecule has 0 bridgehead atoms. The van der Waals surface area contributed by atoms with Crippen LogP contribution in [0.4, 0.5) is 0 Å². The van der Waals surface area contributed by atoms with Crippen LogP contribution in [0.25, 0.3) is 0 Å². The SMILES string of the molecule is CCN(Cc1occc1CN)CC1CC1. The molecule has 84 valence electrons. The molecule has 0 aromatic carbocycles. The lowest BCUT2D eigenvalue weighted by Gasteiger charge is -2.19. The summed E-state index contributed by atoms with van der Waals surface area (Å²) in [5.41, 5.74) is 6.79. The van der Waals surface area contributed by atoms with Crippen LogP contribution in [0.1, 0.15) is 31.1 Å². The molecular formula is C12H20N2O. The lowest BCUT2D eigenvalue weighted by atomic mass is 10.2. The predicted octanol–water partition coefficient (Wildman–Crippen LogP) is 1.97. The first-order valence-electron chi connectivity index (χ1n) is 5.81. The van der Waals surface area contributed by atoms with Gasteiger partial charge in [-0.25, -0.2) is 0 Å². The Kier molecular flexibility index (Phi) is 3.44. The highest BCUT2D eigenvalue weighted by Gasteiger charge is 2.24. The van der Waals surface area contributed by atoms with E-state index < -0.39 is 0 Å². The summed E-state index contributed by atoms with van der Waals surface area (Å²) in [6, 6.07) is 1.97. The second kappa shape index (κ2) is 4.81. The molecule has 2 rings (SSSR count). The topological polar surface area (TPSA) is 42.4 Å². The fourth-order valence-corrected chi connectivity index (χ4v) is 1.86. The van der Waals surface area contributed by atoms with Crippen LogP contribution in [0.2, 0.25) is 0 Å². The van der Waals surface area contributed by atoms with Crippen molar-refractivity contribution in [3.63, 3.8) is 0 Å². The van der Waals surface area contributed by atoms with Crippen LogP contribution in [0.15, 0.2) is 16.7 Å². The minimum atomic E-state index is 0.576. The van der Waals surface area contributed by atoms with Gasteiger partial charge >= 0.3 is 0 Å². The molecule has 1 aromatic rings. The van der Waals surface area contributed by atoms with Gasteiger partial charge in [-0.15, -0.1) is 0 Å². The molecule has 3 heteroatoms. The van der Waals surface area contributed by atoms with Crippen LogP contribution >= 0.6 is 0 Å². The van der Waals surface area contributed by atoms with E-state index in [2.05, 4.69) is 11.8 Å². The van der Waals surface area contributed by atoms with Gasteiger partial charge in [-0.2, -0.15) is 0 Å². The van der Waals surface area contributed by atoms with Crippen LogP contribution in [-0.4, -0.2) is 18.0 Å². The summed E-state index contributed by atoms with van der Waals surface area (Å²) in [6.07, 6.45) is 4.54. The molecule has 1 aliphatic rings. The van der Waals surface area contributed by atoms with Crippen LogP contribution in [0.5, 0.6) is 0 Å². The molecule has 1 fully saturated rings. The summed E-state index contributed by atoms with van der Waals surface area (Å²) < 4.78 is 5.47. The van der Waals surface area contributed by atoms with E-state index in [0.717, 1.165) is 30.3 Å². The molecule has 3 nitrogen and oxygen atoms in total. The molecule has 0 amide bonds. The molecule has 1 heterocycles. The van der Waals surface area contributed by atoms with Crippen molar-refractivity contribution in [2.75, 3.05) is 13.1 Å². The Labute approximate surface area is 91.2 Å². The molecule has 0 unspecified atom stereocenters. The highest BCUT2D eigenvalue weighted by Crippen LogP contribution is 2.30. The Morgan fingerprint density at radius 1 is 1.53 bits per heavy atom. The van der Waals surface area contributed by atoms with Crippen LogP contribution in [0.3, 0.4) is 0 Å². The zero-order valence-electron chi connectivity index (χ0n) is 9.41. The Hall–Kier alpha value is -0.800. The largest absolute Gasteiger partial charge is 0.468 e. The van der Waals surface area contributed by atoms with Crippen molar-refractivity contribution >= 4 is 0 Å². The molecule has 0 saturated heterocycles. The zero-order valence-corrected chi connectivity index (χ0v) is 9.41. The maximum absolute atomic E-state index is 5.65. The van der Waals surface area contributed by atoms with Crippen molar-refractivity contribution in [2.24, 2.45) is 11.7 Å². The lowest BCUT2D eigenvalue weighted by molar-refractivity contribution is 0.245. The van der Waals surface area contributed by atoms with Crippen molar-refractivity contribution in [1.82, 2.24) is 4.90 Å². The summed E-state index contributed by atoms with van der Waals surface area (Å²) in [7, 11) is 0. The highest BCUT2D eigenvalue weighted by atomic mass is 16.3. The quantitative estimate of drug-likeness (QED) is 0.777. The Bertz CT molecular complexity index is 304. The minimum absolute atomic E-state index is 0.576. The lowest BCUT2D eigenvalue weighted by Crippen LogP contribution is -2.25. The number of hydrogen-bond acceptors (Lipinski definition) is 3. The van der Waals surface area contributed by atoms with Gasteiger partial charge in [-0.05, 0) is 31.4 Å². The van der Waals surface area contributed by atoms with E-state index in [1.165, 1.54) is 19.4 Å². The third-order valence-electron chi connectivity index (χ3n) is 3.09. The van der Waals surface area contributed by atoms with Gasteiger partial charge in [0.1, 0.15) is 5.76 Å². The average Bonchev–Trinajstić information content (AvgIpc) is 2.95. The van der Waals surface area contributed by atoms with Crippen molar-refractivity contribution < 1.29 is 4.42 Å². The summed E-state index contributed by atoms with van der Waals surface area (Å²) in [5.74, 6) is 1.97. The number of nitrogens with zero attached hydrogens (tertiary/aromatic N) is 1. The van der Waals surface area contributed by atoms with E-state index in [0.29, 0.717) is 6.54 Å². The third kappa shape index (κ3) is 2.83. The second-order valence-corrected chi connectivity index (χ2v) is 4.34. The number of furan rings is 1. The van der Waals surface area contributed by atoms with E-state index in [1.54, 1.807) is 6.26 Å². The third-order valence-corrected chi connectivity index (χ3v) is 3.09. The number of hydrogen-bond donors (Lipinski definition) is 1. The molecule has 15 heavy (non-hydrogen) atoms. The second-order valence-electron chi connectivity index (χ2n) is 4.34. The normalized spacial score (nSPS) is 16.2. The summed E-state index contributed by atoms with van der Waals surface area (Å²) in [5, 5.41) is 0. The van der Waals surface area contributed by atoms with Crippen LogP contribution < -0.4 is 5.73 Å². The van der Waals surface area contributed by atoms with Crippen molar-refractivity contribution in [2.45, 2.75) is 32.9 Å². The first-order valence-corrected chi connectivity index (χ1v) is 5.81. The van der Waals surface area contributed by atoms with E-state index in [-0.39, 0.29) is 0 Å². The van der Waals surface area contributed by atoms with Gasteiger partial charge in [-0.1, -0.05) is 6.92 Å². The first-order chi connectivity index (χ1) is 7.33. The summed E-state index contributed by atoms with van der Waals surface area (Å²) >= 11 is 0. The van der Waals surface area contributed by atoms with Gasteiger partial charge in [-0.3, -0.25) is 4.90 Å². The number of rotatable bonds is 6. The van der Waals surface area contributed by atoms with E-state index in [9.17, 15) is 0 Å². The van der Waals surface area contributed by atoms with Gasteiger partial charge in [0, 0.05) is 18.7 Å². The summed E-state index contributed by atoms with van der Waals surface area (Å²) in [4.78, 5) is 2.44. The Morgan fingerprint density at radius 3 is 2.93 bits per heavy atom. The van der Waals surface area contributed by atoms with Crippen molar-refractivity contribution in [3.8, 4) is 0 Å². The van der Waals surface area contributed by atoms with Crippen LogP contribution in [-0.2, 0) is 13.1 Å². The smallest absolute Gasteiger partial charge is 0.122 e. The summed E-state index contributed by atoms with van der Waals surface area (Å²) in [6.45, 7) is 5.98. The molecule has 1 aromatic heterocycles. The standard InChI is InChI=1S/C12H20N2O/c1-2-14(8-10-3-4-10)9-12-11(7-13)5-6-15-12/h5-6,10H,2-4,7-9,13H2,1H3. The molecule has 0 aliphatic heterocycles. The Morgan fingerprint density at radius 2 is 2.33 bits per heavy atom. The van der Waals surface area contributed by atoms with Gasteiger partial charge < -0.3 is 10.2 Å². The van der Waals surface area contributed by atoms with E-state index in [4.69, 9.17) is 10.2 Å². The van der Waals surface area contributed by atoms with E-state index in [1.807, 2.05) is 6.07 Å². The predicted molar refractivity (Wildman–Crippen MR) is 60.3 cm³/mol. The molecule has 0 atom stereocenters. The maximum atomic E-state index is 5.65. The first kappa shape index (κ1) is 10.7. The molecule has 1 aliphatic carbocycles. The zero-order chi connectivity index (χ0) is 10.7. The maximum Gasteiger partial charge on any atom is 0.122 e. The van der Waals surface area contributed by atoms with Crippen molar-refractivity contribution in [3.05, 3.63) is 23.7 Å². The van der Waals surface area contributed by atoms with Gasteiger partial charge in [0.2, 0.25) is 0 Å². The van der Waals surface area contributed by atoms with Crippen LogP contribution in [0, 0.1) is 5.92 Å². The van der Waals surface area contributed by atoms with Gasteiger partial charge in [0.15, 0.2) is 0 Å². The number of nitrogens with two attached hydrogens (primary N) is 1. The highest BCUT2D eigenvalue weighted by molar-refractivity contribution is 5.16. The monoisotopic (exact) mass is 208 g/mol. The van der Waals surface area contributed by atoms with Gasteiger partial charge in [0.25, 0.3) is 0 Å². The van der Waals surface area contributed by atoms with E-state index >= 15 is 0 Å². The van der Waals surface area contributed by atoms with Gasteiger partial charge in [0.05, 0.1) is 12.8 Å². The fourth-order valence-electron chi connectivity index (χ4n) is 1.86. The molecule has 0 spiro atoms.